The van der Waals surface area contributed by atoms with E-state index in [-0.39, 0.29) is 41.3 Å². The second kappa shape index (κ2) is 8.26. The molecule has 2 aliphatic heterocycles. The number of thioether (sulfide) groups is 1. The molecule has 3 rings (SSSR count). The van der Waals surface area contributed by atoms with Crippen molar-refractivity contribution in [1.29, 1.82) is 0 Å². The highest BCUT2D eigenvalue weighted by Crippen LogP contribution is 2.32. The molecule has 1 aromatic rings. The molecule has 0 N–H and O–H groups in total. The van der Waals surface area contributed by atoms with Gasteiger partial charge in [-0.3, -0.25) is 19.3 Å². The predicted octanol–water partition coefficient (Wildman–Crippen LogP) is 2.41. The van der Waals surface area contributed by atoms with E-state index in [4.69, 9.17) is 11.6 Å². The van der Waals surface area contributed by atoms with Crippen LogP contribution in [0.4, 0.5) is 4.79 Å². The summed E-state index contributed by atoms with van der Waals surface area (Å²) < 4.78 is 23.2. The van der Waals surface area contributed by atoms with Gasteiger partial charge < -0.3 is 4.90 Å². The van der Waals surface area contributed by atoms with Crippen molar-refractivity contribution in [3.63, 3.8) is 0 Å². The van der Waals surface area contributed by atoms with Crippen LogP contribution in [0.25, 0.3) is 6.08 Å². The first-order valence-corrected chi connectivity index (χ1v) is 11.6. The van der Waals surface area contributed by atoms with Crippen molar-refractivity contribution >= 4 is 56.3 Å². The van der Waals surface area contributed by atoms with Crippen LogP contribution in [0, 0.1) is 0 Å². The van der Waals surface area contributed by atoms with Gasteiger partial charge in [0, 0.05) is 31.1 Å². The molecule has 0 unspecified atom stereocenters. The van der Waals surface area contributed by atoms with Gasteiger partial charge in [-0.1, -0.05) is 23.7 Å². The number of amides is 3. The monoisotopic (exact) mass is 442 g/mol. The molecular formula is C18H19ClN2O5S2. The van der Waals surface area contributed by atoms with Crippen LogP contribution in [-0.2, 0) is 19.4 Å². The van der Waals surface area contributed by atoms with E-state index in [1.54, 1.807) is 37.4 Å². The smallest absolute Gasteiger partial charge is 0.293 e. The molecular weight excluding hydrogens is 424 g/mol. The summed E-state index contributed by atoms with van der Waals surface area (Å²) in [5.41, 5.74) is 0.705. The van der Waals surface area contributed by atoms with E-state index in [0.29, 0.717) is 17.0 Å². The van der Waals surface area contributed by atoms with Crippen molar-refractivity contribution in [2.75, 3.05) is 25.1 Å². The Kier molecular flexibility index (Phi) is 6.16. The van der Waals surface area contributed by atoms with E-state index < -0.39 is 21.0 Å². The number of carbonyl (C=O) groups excluding carboxylic acids is 3. The first-order valence-electron chi connectivity index (χ1n) is 8.63. The van der Waals surface area contributed by atoms with Crippen LogP contribution in [0.1, 0.15) is 18.4 Å². The zero-order valence-corrected chi connectivity index (χ0v) is 17.5. The van der Waals surface area contributed by atoms with Crippen LogP contribution in [0.3, 0.4) is 0 Å². The summed E-state index contributed by atoms with van der Waals surface area (Å²) >= 11 is 6.75. The minimum atomic E-state index is -3.10. The topological polar surface area (TPSA) is 91.8 Å². The summed E-state index contributed by atoms with van der Waals surface area (Å²) in [6.45, 7) is -0.0415. The van der Waals surface area contributed by atoms with Crippen LogP contribution in [-0.4, -0.2) is 66.4 Å². The van der Waals surface area contributed by atoms with Gasteiger partial charge in [0.25, 0.3) is 11.1 Å². The average molecular weight is 443 g/mol. The lowest BCUT2D eigenvalue weighted by molar-refractivity contribution is -0.132. The summed E-state index contributed by atoms with van der Waals surface area (Å²) in [5, 5.41) is 0.0905. The minimum absolute atomic E-state index is 0.0415. The van der Waals surface area contributed by atoms with Crippen LogP contribution < -0.4 is 0 Å². The summed E-state index contributed by atoms with van der Waals surface area (Å²) in [7, 11) is -1.54. The molecule has 0 spiro atoms. The third-order valence-corrected chi connectivity index (χ3v) is 7.61. The fourth-order valence-electron chi connectivity index (χ4n) is 3.11. The largest absolute Gasteiger partial charge is 0.342 e. The fraction of sp³-hybridized carbons (Fsp3) is 0.389. The Morgan fingerprint density at radius 2 is 2.14 bits per heavy atom. The maximum absolute atomic E-state index is 12.5. The molecule has 0 aliphatic carbocycles. The lowest BCUT2D eigenvalue weighted by Gasteiger charge is -2.24. The maximum atomic E-state index is 12.5. The highest BCUT2D eigenvalue weighted by atomic mass is 35.5. The van der Waals surface area contributed by atoms with Gasteiger partial charge in [-0.25, -0.2) is 8.42 Å². The summed E-state index contributed by atoms with van der Waals surface area (Å²) in [5.74, 6) is -0.708. The van der Waals surface area contributed by atoms with Crippen molar-refractivity contribution in [1.82, 2.24) is 9.80 Å². The van der Waals surface area contributed by atoms with Gasteiger partial charge in [-0.2, -0.15) is 0 Å². The molecule has 2 heterocycles. The van der Waals surface area contributed by atoms with Crippen LogP contribution >= 0.6 is 23.4 Å². The Morgan fingerprint density at radius 1 is 1.39 bits per heavy atom. The molecule has 3 amide bonds. The average Bonchev–Trinajstić information content (AvgIpc) is 3.11. The van der Waals surface area contributed by atoms with Gasteiger partial charge in [0.1, 0.15) is 0 Å². The van der Waals surface area contributed by atoms with Crippen LogP contribution in [0.2, 0.25) is 5.02 Å². The third kappa shape index (κ3) is 4.76. The van der Waals surface area contributed by atoms with E-state index in [1.165, 1.54) is 4.90 Å². The zero-order chi connectivity index (χ0) is 20.5. The number of rotatable bonds is 5. The molecule has 0 saturated carbocycles. The molecule has 7 nitrogen and oxygen atoms in total. The lowest BCUT2D eigenvalue weighted by atomic mass is 10.2. The van der Waals surface area contributed by atoms with E-state index in [0.717, 1.165) is 16.7 Å². The number of sulfone groups is 1. The highest BCUT2D eigenvalue weighted by Gasteiger charge is 2.36. The number of benzene rings is 1. The van der Waals surface area contributed by atoms with Crippen LogP contribution in [0.15, 0.2) is 29.2 Å². The third-order valence-electron chi connectivity index (χ3n) is 4.72. The SMILES string of the molecule is CN(C(=O)CCN1C(=O)S/C(=C/c2cccc(Cl)c2)C1=O)[C@H]1CCS(=O)(=O)C1. The Labute approximate surface area is 172 Å². The number of hydrogen-bond acceptors (Lipinski definition) is 6. The Hall–Kier alpha value is -1.84. The summed E-state index contributed by atoms with van der Waals surface area (Å²) in [6, 6.07) is 6.56. The zero-order valence-electron chi connectivity index (χ0n) is 15.1. The van der Waals surface area contributed by atoms with Gasteiger partial charge in [0.05, 0.1) is 16.4 Å². The first kappa shape index (κ1) is 20.9. The van der Waals surface area contributed by atoms with E-state index in [9.17, 15) is 22.8 Å². The standard InChI is InChI=1S/C18H19ClN2O5S2/c1-20(14-6-8-28(25,26)11-14)16(22)5-7-21-17(23)15(27-18(21)24)10-12-3-2-4-13(19)9-12/h2-4,9-10,14H,5-8,11H2,1H3/b15-10+/t14-/m0/s1. The molecule has 0 aromatic heterocycles. The Morgan fingerprint density at radius 3 is 2.79 bits per heavy atom. The molecule has 2 saturated heterocycles. The van der Waals surface area contributed by atoms with Gasteiger partial charge in [0.2, 0.25) is 5.91 Å². The quantitative estimate of drug-likeness (QED) is 0.650. The molecule has 150 valence electrons. The van der Waals surface area contributed by atoms with Gasteiger partial charge in [-0.05, 0) is 42.0 Å². The molecule has 2 aliphatic rings. The normalized spacial score (nSPS) is 22.9. The summed E-state index contributed by atoms with van der Waals surface area (Å²) in [6.07, 6.45) is 1.96. The maximum Gasteiger partial charge on any atom is 0.293 e. The molecule has 1 atom stereocenters. The molecule has 0 bridgehead atoms. The molecule has 10 heteroatoms. The number of nitrogens with zero attached hydrogens (tertiary/aromatic N) is 2. The second-order valence-electron chi connectivity index (χ2n) is 6.70. The number of carbonyl (C=O) groups is 3. The lowest BCUT2D eigenvalue weighted by Crippen LogP contribution is -2.40. The van der Waals surface area contributed by atoms with Crippen molar-refractivity contribution in [2.45, 2.75) is 18.9 Å². The van der Waals surface area contributed by atoms with E-state index in [2.05, 4.69) is 0 Å². The minimum Gasteiger partial charge on any atom is -0.342 e. The van der Waals surface area contributed by atoms with Crippen molar-refractivity contribution < 1.29 is 22.8 Å². The summed E-state index contributed by atoms with van der Waals surface area (Å²) in [4.78, 5) is 39.8. The molecule has 1 aromatic carbocycles. The number of hydrogen-bond donors (Lipinski definition) is 0. The van der Waals surface area contributed by atoms with Gasteiger partial charge in [-0.15, -0.1) is 0 Å². The Balaban J connectivity index is 1.61. The number of imide groups is 1. The molecule has 2 fully saturated rings. The molecule has 28 heavy (non-hydrogen) atoms. The second-order valence-corrected chi connectivity index (χ2v) is 10.4. The highest BCUT2D eigenvalue weighted by molar-refractivity contribution is 8.18. The molecule has 0 radical (unpaired) electrons. The van der Waals surface area contributed by atoms with E-state index >= 15 is 0 Å². The first-order chi connectivity index (χ1) is 13.2. The van der Waals surface area contributed by atoms with Gasteiger partial charge in [0.15, 0.2) is 9.84 Å². The van der Waals surface area contributed by atoms with Crippen molar-refractivity contribution in [2.24, 2.45) is 0 Å². The fourth-order valence-corrected chi connectivity index (χ4v) is 5.95. The van der Waals surface area contributed by atoms with Crippen molar-refractivity contribution in [3.8, 4) is 0 Å². The Bertz CT molecular complexity index is 960. The number of halogens is 1. The van der Waals surface area contributed by atoms with Gasteiger partial charge >= 0.3 is 0 Å². The van der Waals surface area contributed by atoms with Crippen molar-refractivity contribution in [3.05, 3.63) is 39.8 Å². The van der Waals surface area contributed by atoms with E-state index in [1.807, 2.05) is 0 Å². The predicted molar refractivity (Wildman–Crippen MR) is 109 cm³/mol. The van der Waals surface area contributed by atoms with Crippen LogP contribution in [0.5, 0.6) is 0 Å².